The molecule has 0 aromatic heterocycles. The summed E-state index contributed by atoms with van der Waals surface area (Å²) in [6, 6.07) is 6.66. The van der Waals surface area contributed by atoms with Gasteiger partial charge in [-0.1, -0.05) is 15.9 Å². The summed E-state index contributed by atoms with van der Waals surface area (Å²) in [5.41, 5.74) is 1.18. The maximum atomic E-state index is 5.79. The van der Waals surface area contributed by atoms with Gasteiger partial charge < -0.3 is 10.1 Å². The van der Waals surface area contributed by atoms with Gasteiger partial charge in [0, 0.05) is 10.5 Å². The van der Waals surface area contributed by atoms with Gasteiger partial charge in [-0.05, 0) is 50.1 Å². The molecule has 1 heterocycles. The lowest BCUT2D eigenvalue weighted by atomic mass is 10.2. The van der Waals surface area contributed by atoms with Gasteiger partial charge in [-0.15, -0.1) is 0 Å². The smallest absolute Gasteiger partial charge is 0.122 e. The maximum Gasteiger partial charge on any atom is 0.122 e. The highest BCUT2D eigenvalue weighted by Gasteiger charge is 2.14. The van der Waals surface area contributed by atoms with Crippen LogP contribution in [0.2, 0.25) is 0 Å². The molecular formula is C12H16BrNO. The second-order valence-electron chi connectivity index (χ2n) is 4.01. The van der Waals surface area contributed by atoms with Crippen molar-refractivity contribution in [1.29, 1.82) is 0 Å². The van der Waals surface area contributed by atoms with E-state index >= 15 is 0 Å². The number of rotatable bonds is 3. The van der Waals surface area contributed by atoms with Crippen LogP contribution in [-0.4, -0.2) is 19.2 Å². The molecule has 1 N–H and O–H groups in total. The molecule has 2 nitrogen and oxygen atoms in total. The molecule has 0 radical (unpaired) electrons. The van der Waals surface area contributed by atoms with Gasteiger partial charge in [-0.25, -0.2) is 0 Å². The molecule has 0 bridgehead atoms. The van der Waals surface area contributed by atoms with E-state index in [2.05, 4.69) is 34.2 Å². The summed E-state index contributed by atoms with van der Waals surface area (Å²) in [6.45, 7) is 3.98. The predicted octanol–water partition coefficient (Wildman–Crippen LogP) is 2.89. The zero-order valence-corrected chi connectivity index (χ0v) is 10.5. The Bertz CT molecular complexity index is 334. The van der Waals surface area contributed by atoms with Crippen LogP contribution in [0.1, 0.15) is 18.4 Å². The van der Waals surface area contributed by atoms with Crippen LogP contribution in [-0.2, 0) is 0 Å². The third-order valence-electron chi connectivity index (χ3n) is 2.74. The first-order valence-corrected chi connectivity index (χ1v) is 6.17. The van der Waals surface area contributed by atoms with E-state index < -0.39 is 0 Å². The number of benzene rings is 1. The Labute approximate surface area is 99.1 Å². The van der Waals surface area contributed by atoms with Crippen molar-refractivity contribution in [3.63, 3.8) is 0 Å². The molecule has 1 aromatic rings. The first-order valence-electron chi connectivity index (χ1n) is 5.38. The van der Waals surface area contributed by atoms with Crippen molar-refractivity contribution < 1.29 is 4.74 Å². The summed E-state index contributed by atoms with van der Waals surface area (Å²) in [5.74, 6) is 0.993. The summed E-state index contributed by atoms with van der Waals surface area (Å²) in [7, 11) is 0. The highest BCUT2D eigenvalue weighted by molar-refractivity contribution is 9.10. The van der Waals surface area contributed by atoms with Gasteiger partial charge in [-0.3, -0.25) is 0 Å². The van der Waals surface area contributed by atoms with Gasteiger partial charge in [0.25, 0.3) is 0 Å². The van der Waals surface area contributed by atoms with Crippen molar-refractivity contribution in [3.05, 3.63) is 28.2 Å². The van der Waals surface area contributed by atoms with Gasteiger partial charge in [0.1, 0.15) is 12.4 Å². The molecule has 2 rings (SSSR count). The van der Waals surface area contributed by atoms with Crippen LogP contribution in [0.25, 0.3) is 0 Å². The van der Waals surface area contributed by atoms with Crippen LogP contribution in [0, 0.1) is 6.92 Å². The summed E-state index contributed by atoms with van der Waals surface area (Å²) in [5, 5.41) is 3.42. The SMILES string of the molecule is Cc1cc(Br)ccc1OC[C@H]1CCCN1. The van der Waals surface area contributed by atoms with Gasteiger partial charge >= 0.3 is 0 Å². The zero-order chi connectivity index (χ0) is 10.7. The molecule has 0 spiro atoms. The second-order valence-corrected chi connectivity index (χ2v) is 4.93. The minimum atomic E-state index is 0.535. The van der Waals surface area contributed by atoms with E-state index in [1.165, 1.54) is 18.4 Å². The molecule has 15 heavy (non-hydrogen) atoms. The summed E-state index contributed by atoms with van der Waals surface area (Å²) in [4.78, 5) is 0. The van der Waals surface area contributed by atoms with E-state index in [0.29, 0.717) is 6.04 Å². The lowest BCUT2D eigenvalue weighted by molar-refractivity contribution is 0.275. The molecule has 0 aliphatic carbocycles. The first kappa shape index (κ1) is 11.0. The van der Waals surface area contributed by atoms with Crippen LogP contribution in [0.3, 0.4) is 0 Å². The topological polar surface area (TPSA) is 21.3 Å². The molecule has 1 aliphatic heterocycles. The Hall–Kier alpha value is -0.540. The van der Waals surface area contributed by atoms with Crippen molar-refractivity contribution in [3.8, 4) is 5.75 Å². The highest BCUT2D eigenvalue weighted by Crippen LogP contribution is 2.22. The van der Waals surface area contributed by atoms with Crippen LogP contribution in [0.5, 0.6) is 5.75 Å². The number of nitrogens with one attached hydrogen (secondary N) is 1. The molecule has 0 amide bonds. The molecule has 82 valence electrons. The molecular weight excluding hydrogens is 254 g/mol. The van der Waals surface area contributed by atoms with Crippen LogP contribution < -0.4 is 10.1 Å². The normalized spacial score (nSPS) is 20.5. The van der Waals surface area contributed by atoms with Crippen LogP contribution in [0.15, 0.2) is 22.7 Å². The Morgan fingerprint density at radius 2 is 2.40 bits per heavy atom. The van der Waals surface area contributed by atoms with Crippen molar-refractivity contribution in [2.24, 2.45) is 0 Å². The molecule has 1 fully saturated rings. The number of aryl methyl sites for hydroxylation is 1. The summed E-state index contributed by atoms with van der Waals surface area (Å²) < 4.78 is 6.90. The van der Waals surface area contributed by atoms with Gasteiger partial charge in [0.15, 0.2) is 0 Å². The minimum Gasteiger partial charge on any atom is -0.492 e. The van der Waals surface area contributed by atoms with Crippen LogP contribution in [0.4, 0.5) is 0 Å². The third-order valence-corrected chi connectivity index (χ3v) is 3.23. The second kappa shape index (κ2) is 4.99. The fraction of sp³-hybridized carbons (Fsp3) is 0.500. The fourth-order valence-electron chi connectivity index (χ4n) is 1.86. The van der Waals surface area contributed by atoms with Gasteiger partial charge in [-0.2, -0.15) is 0 Å². The van der Waals surface area contributed by atoms with E-state index in [-0.39, 0.29) is 0 Å². The van der Waals surface area contributed by atoms with E-state index in [9.17, 15) is 0 Å². The van der Waals surface area contributed by atoms with Gasteiger partial charge in [0.05, 0.1) is 0 Å². The first-order chi connectivity index (χ1) is 7.25. The highest BCUT2D eigenvalue weighted by atomic mass is 79.9. The Morgan fingerprint density at radius 1 is 1.53 bits per heavy atom. The largest absolute Gasteiger partial charge is 0.492 e. The summed E-state index contributed by atoms with van der Waals surface area (Å²) in [6.07, 6.45) is 2.50. The fourth-order valence-corrected chi connectivity index (χ4v) is 2.34. The average Bonchev–Trinajstić information content (AvgIpc) is 2.69. The molecule has 1 saturated heterocycles. The van der Waals surface area contributed by atoms with Crippen LogP contribution >= 0.6 is 15.9 Å². The van der Waals surface area contributed by atoms with Crippen molar-refractivity contribution >= 4 is 15.9 Å². The molecule has 0 saturated carbocycles. The minimum absolute atomic E-state index is 0.535. The summed E-state index contributed by atoms with van der Waals surface area (Å²) >= 11 is 3.45. The predicted molar refractivity (Wildman–Crippen MR) is 65.4 cm³/mol. The van der Waals surface area contributed by atoms with E-state index in [1.54, 1.807) is 0 Å². The number of ether oxygens (including phenoxy) is 1. The Kier molecular flexibility index (Phi) is 3.65. The Morgan fingerprint density at radius 3 is 3.07 bits per heavy atom. The molecule has 3 heteroatoms. The lowest BCUT2D eigenvalue weighted by Crippen LogP contribution is -2.28. The van der Waals surface area contributed by atoms with E-state index in [1.807, 2.05) is 12.1 Å². The van der Waals surface area contributed by atoms with Crippen molar-refractivity contribution in [2.45, 2.75) is 25.8 Å². The zero-order valence-electron chi connectivity index (χ0n) is 8.92. The molecule has 1 aliphatic rings. The third kappa shape index (κ3) is 2.95. The molecule has 1 atom stereocenters. The number of hydrogen-bond acceptors (Lipinski definition) is 2. The molecule has 1 aromatic carbocycles. The van der Waals surface area contributed by atoms with Crippen molar-refractivity contribution in [2.75, 3.05) is 13.2 Å². The Balaban J connectivity index is 1.92. The quantitative estimate of drug-likeness (QED) is 0.911. The maximum absolute atomic E-state index is 5.79. The molecule has 0 unspecified atom stereocenters. The lowest BCUT2D eigenvalue weighted by Gasteiger charge is -2.13. The van der Waals surface area contributed by atoms with E-state index in [0.717, 1.165) is 23.4 Å². The van der Waals surface area contributed by atoms with Gasteiger partial charge in [0.2, 0.25) is 0 Å². The monoisotopic (exact) mass is 269 g/mol. The number of hydrogen-bond donors (Lipinski definition) is 1. The average molecular weight is 270 g/mol. The standard InChI is InChI=1S/C12H16BrNO/c1-9-7-10(13)4-5-12(9)15-8-11-3-2-6-14-11/h4-5,7,11,14H,2-3,6,8H2,1H3/t11-/m1/s1. The van der Waals surface area contributed by atoms with E-state index in [4.69, 9.17) is 4.74 Å². The number of halogens is 1. The van der Waals surface area contributed by atoms with Crippen molar-refractivity contribution in [1.82, 2.24) is 5.32 Å².